The number of primary amides is 1. The number of nitro benzene ring substituents is 1. The summed E-state index contributed by atoms with van der Waals surface area (Å²) in [5.41, 5.74) is 5.73. The molecule has 1 aromatic carbocycles. The van der Waals surface area contributed by atoms with Crippen LogP contribution in [0, 0.1) is 10.1 Å². The minimum absolute atomic E-state index is 0.0523. The van der Waals surface area contributed by atoms with Crippen molar-refractivity contribution in [2.24, 2.45) is 5.73 Å². The standard InChI is InChI=1S/C13H17N3O4/c1-8(13(14)17)20-12-5-2-9(6-11(12)16(18)19)7-15-10-3-4-10/h2,5-6,8,10,15H,3-4,7H2,1H3,(H2,14,17). The Kier molecular flexibility index (Phi) is 4.19. The first-order valence-electron chi connectivity index (χ1n) is 6.44. The average molecular weight is 279 g/mol. The second-order valence-electron chi connectivity index (χ2n) is 4.88. The predicted molar refractivity (Wildman–Crippen MR) is 72.2 cm³/mol. The number of benzene rings is 1. The highest BCUT2D eigenvalue weighted by atomic mass is 16.6. The molecule has 1 unspecified atom stereocenters. The number of nitrogens with one attached hydrogen (secondary N) is 1. The van der Waals surface area contributed by atoms with Crippen LogP contribution in [0.3, 0.4) is 0 Å². The molecule has 7 heteroatoms. The van der Waals surface area contributed by atoms with Gasteiger partial charge in [0.25, 0.3) is 5.91 Å². The maximum atomic E-state index is 11.1. The summed E-state index contributed by atoms with van der Waals surface area (Å²) in [6.07, 6.45) is 1.39. The molecule has 1 aliphatic rings. The molecule has 1 amide bonds. The first-order chi connectivity index (χ1) is 9.47. The molecule has 0 spiro atoms. The Morgan fingerprint density at radius 3 is 2.85 bits per heavy atom. The number of nitro groups is 1. The molecule has 2 rings (SSSR count). The third kappa shape index (κ3) is 3.67. The highest BCUT2D eigenvalue weighted by Crippen LogP contribution is 2.29. The third-order valence-electron chi connectivity index (χ3n) is 3.10. The summed E-state index contributed by atoms with van der Waals surface area (Å²) < 4.78 is 5.22. The Balaban J connectivity index is 2.13. The van der Waals surface area contributed by atoms with Crippen LogP contribution in [0.15, 0.2) is 18.2 Å². The van der Waals surface area contributed by atoms with Gasteiger partial charge in [0.05, 0.1) is 4.92 Å². The second-order valence-corrected chi connectivity index (χ2v) is 4.88. The summed E-state index contributed by atoms with van der Waals surface area (Å²) in [4.78, 5) is 21.5. The van der Waals surface area contributed by atoms with Crippen molar-refractivity contribution in [3.63, 3.8) is 0 Å². The summed E-state index contributed by atoms with van der Waals surface area (Å²) in [6.45, 7) is 2.03. The van der Waals surface area contributed by atoms with Crippen LogP contribution in [0.25, 0.3) is 0 Å². The van der Waals surface area contributed by atoms with Crippen LogP contribution in [0.5, 0.6) is 5.75 Å². The number of carbonyl (C=O) groups is 1. The molecule has 108 valence electrons. The van der Waals surface area contributed by atoms with Gasteiger partial charge in [-0.1, -0.05) is 6.07 Å². The zero-order valence-electron chi connectivity index (χ0n) is 11.2. The molecule has 0 radical (unpaired) electrons. The van der Waals surface area contributed by atoms with Crippen molar-refractivity contribution in [3.8, 4) is 5.75 Å². The maximum absolute atomic E-state index is 11.1. The molecule has 0 heterocycles. The molecule has 20 heavy (non-hydrogen) atoms. The lowest BCUT2D eigenvalue weighted by Gasteiger charge is -2.12. The topological polar surface area (TPSA) is 107 Å². The van der Waals surface area contributed by atoms with Crippen molar-refractivity contribution in [1.29, 1.82) is 0 Å². The first-order valence-corrected chi connectivity index (χ1v) is 6.44. The Bertz CT molecular complexity index is 528. The summed E-state index contributed by atoms with van der Waals surface area (Å²) >= 11 is 0. The number of nitrogens with two attached hydrogens (primary N) is 1. The lowest BCUT2D eigenvalue weighted by atomic mass is 10.2. The van der Waals surface area contributed by atoms with Gasteiger partial charge in [-0.05, 0) is 31.4 Å². The van der Waals surface area contributed by atoms with Gasteiger partial charge in [0.1, 0.15) is 0 Å². The summed E-state index contributed by atoms with van der Waals surface area (Å²) in [5.74, 6) is -0.616. The van der Waals surface area contributed by atoms with E-state index in [1.165, 1.54) is 19.1 Å². The largest absolute Gasteiger partial charge is 0.474 e. The van der Waals surface area contributed by atoms with Crippen molar-refractivity contribution < 1.29 is 14.5 Å². The molecule has 0 aliphatic heterocycles. The summed E-state index contributed by atoms with van der Waals surface area (Å²) in [6, 6.07) is 5.23. The number of carbonyl (C=O) groups excluding carboxylic acids is 1. The number of ether oxygens (including phenoxy) is 1. The molecule has 1 aromatic rings. The fourth-order valence-corrected chi connectivity index (χ4v) is 1.71. The van der Waals surface area contributed by atoms with Crippen molar-refractivity contribution >= 4 is 11.6 Å². The minimum atomic E-state index is -0.913. The Morgan fingerprint density at radius 2 is 2.30 bits per heavy atom. The third-order valence-corrected chi connectivity index (χ3v) is 3.10. The van der Waals surface area contributed by atoms with Crippen molar-refractivity contribution in [3.05, 3.63) is 33.9 Å². The van der Waals surface area contributed by atoms with Crippen LogP contribution in [-0.2, 0) is 11.3 Å². The first kappa shape index (κ1) is 14.3. The van der Waals surface area contributed by atoms with E-state index in [4.69, 9.17) is 10.5 Å². The molecule has 0 saturated heterocycles. The van der Waals surface area contributed by atoms with Gasteiger partial charge in [-0.25, -0.2) is 0 Å². The summed E-state index contributed by atoms with van der Waals surface area (Å²) in [5, 5.41) is 14.3. The van der Waals surface area contributed by atoms with Crippen molar-refractivity contribution in [2.45, 2.75) is 38.5 Å². The van der Waals surface area contributed by atoms with Gasteiger partial charge in [-0.2, -0.15) is 0 Å². The fraction of sp³-hybridized carbons (Fsp3) is 0.462. The summed E-state index contributed by atoms with van der Waals surface area (Å²) in [7, 11) is 0. The van der Waals surface area contributed by atoms with Crippen LogP contribution in [0.4, 0.5) is 5.69 Å². The number of nitrogens with zero attached hydrogens (tertiary/aromatic N) is 1. The van der Waals surface area contributed by atoms with E-state index < -0.39 is 16.9 Å². The fourth-order valence-electron chi connectivity index (χ4n) is 1.71. The van der Waals surface area contributed by atoms with Gasteiger partial charge in [-0.15, -0.1) is 0 Å². The molecule has 1 atom stereocenters. The molecule has 3 N–H and O–H groups in total. The molecule has 1 aliphatic carbocycles. The van der Waals surface area contributed by atoms with Gasteiger partial charge in [-0.3, -0.25) is 14.9 Å². The van der Waals surface area contributed by atoms with Gasteiger partial charge in [0.2, 0.25) is 0 Å². The van der Waals surface area contributed by atoms with E-state index in [0.29, 0.717) is 12.6 Å². The Labute approximate surface area is 116 Å². The Hall–Kier alpha value is -2.15. The predicted octanol–water partition coefficient (Wildman–Crippen LogP) is 1.10. The van der Waals surface area contributed by atoms with Crippen LogP contribution in [-0.4, -0.2) is 23.0 Å². The Morgan fingerprint density at radius 1 is 1.60 bits per heavy atom. The highest BCUT2D eigenvalue weighted by molar-refractivity contribution is 5.78. The van der Waals surface area contributed by atoms with E-state index >= 15 is 0 Å². The SMILES string of the molecule is CC(Oc1ccc(CNC2CC2)cc1[N+](=O)[O-])C(N)=O. The number of amides is 1. The van der Waals surface area contributed by atoms with Gasteiger partial charge in [0.15, 0.2) is 11.9 Å². The molecule has 7 nitrogen and oxygen atoms in total. The van der Waals surface area contributed by atoms with Gasteiger partial charge in [0, 0.05) is 18.7 Å². The van der Waals surface area contributed by atoms with E-state index in [1.807, 2.05) is 0 Å². The van der Waals surface area contributed by atoms with E-state index in [1.54, 1.807) is 6.07 Å². The quantitative estimate of drug-likeness (QED) is 0.574. The van der Waals surface area contributed by atoms with Crippen LogP contribution in [0.1, 0.15) is 25.3 Å². The average Bonchev–Trinajstić information content (AvgIpc) is 3.21. The van der Waals surface area contributed by atoms with Gasteiger partial charge < -0.3 is 15.8 Å². The van der Waals surface area contributed by atoms with E-state index in [9.17, 15) is 14.9 Å². The molecule has 0 aromatic heterocycles. The van der Waals surface area contributed by atoms with Crippen LogP contribution >= 0.6 is 0 Å². The van der Waals surface area contributed by atoms with Crippen LogP contribution in [0.2, 0.25) is 0 Å². The highest BCUT2D eigenvalue weighted by Gasteiger charge is 2.22. The molecule has 1 fully saturated rings. The molecule has 0 bridgehead atoms. The van der Waals surface area contributed by atoms with E-state index in [2.05, 4.69) is 5.32 Å². The number of hydrogen-bond acceptors (Lipinski definition) is 5. The molecular weight excluding hydrogens is 262 g/mol. The molecular formula is C13H17N3O4. The number of hydrogen-bond donors (Lipinski definition) is 2. The van der Waals surface area contributed by atoms with Crippen molar-refractivity contribution in [1.82, 2.24) is 5.32 Å². The van der Waals surface area contributed by atoms with Crippen LogP contribution < -0.4 is 15.8 Å². The van der Waals surface area contributed by atoms with Crippen molar-refractivity contribution in [2.75, 3.05) is 0 Å². The monoisotopic (exact) mass is 279 g/mol. The second kappa shape index (κ2) is 5.87. The lowest BCUT2D eigenvalue weighted by Crippen LogP contribution is -2.30. The number of rotatable bonds is 7. The molecule has 1 saturated carbocycles. The smallest absolute Gasteiger partial charge is 0.311 e. The zero-order chi connectivity index (χ0) is 14.7. The van der Waals surface area contributed by atoms with E-state index in [0.717, 1.165) is 18.4 Å². The van der Waals surface area contributed by atoms with E-state index in [-0.39, 0.29) is 11.4 Å². The normalized spacial score (nSPS) is 15.7. The van der Waals surface area contributed by atoms with Gasteiger partial charge >= 0.3 is 5.69 Å². The maximum Gasteiger partial charge on any atom is 0.311 e. The lowest BCUT2D eigenvalue weighted by molar-refractivity contribution is -0.386. The zero-order valence-corrected chi connectivity index (χ0v) is 11.2. The minimum Gasteiger partial charge on any atom is -0.474 e.